The van der Waals surface area contributed by atoms with Crippen LogP contribution in [-0.2, 0) is 9.59 Å². The third-order valence-corrected chi connectivity index (χ3v) is 6.21. The molecule has 0 radical (unpaired) electrons. The lowest BCUT2D eigenvalue weighted by Gasteiger charge is -2.30. The zero-order chi connectivity index (χ0) is 17.9. The van der Waals surface area contributed by atoms with E-state index < -0.39 is 11.6 Å². The van der Waals surface area contributed by atoms with Crippen molar-refractivity contribution in [3.05, 3.63) is 0 Å². The van der Waals surface area contributed by atoms with Gasteiger partial charge < -0.3 is 10.6 Å². The number of hydrogen-bond acceptors (Lipinski definition) is 3. The standard InChI is InChI=1S/C19H31N3O3/c1-14-9-5-6-10-15(14)20-16(23)13-22-17(24)19(21-18(22)25)11-7-3-2-4-8-12-19/h14-15H,2-13H2,1H3,(H,20,23)(H,21,25)/t14-,15+/m0/s1. The minimum Gasteiger partial charge on any atom is -0.352 e. The first-order valence-electron chi connectivity index (χ1n) is 9.95. The van der Waals surface area contributed by atoms with Gasteiger partial charge in [-0.2, -0.15) is 0 Å². The van der Waals surface area contributed by atoms with Gasteiger partial charge in [-0.05, 0) is 31.6 Å². The van der Waals surface area contributed by atoms with Crippen molar-refractivity contribution in [3.63, 3.8) is 0 Å². The fraction of sp³-hybridized carbons (Fsp3) is 0.842. The Morgan fingerprint density at radius 2 is 1.72 bits per heavy atom. The molecule has 1 saturated heterocycles. The van der Waals surface area contributed by atoms with E-state index in [-0.39, 0.29) is 24.4 Å². The second kappa shape index (κ2) is 7.75. The SMILES string of the molecule is C[C@H]1CCCC[C@H]1NC(=O)CN1C(=O)NC2(CCCCCCC2)C1=O. The molecule has 6 nitrogen and oxygen atoms in total. The molecule has 25 heavy (non-hydrogen) atoms. The lowest BCUT2D eigenvalue weighted by molar-refractivity contribution is -0.135. The maximum Gasteiger partial charge on any atom is 0.325 e. The van der Waals surface area contributed by atoms with E-state index in [1.165, 1.54) is 12.8 Å². The van der Waals surface area contributed by atoms with Crippen molar-refractivity contribution in [2.75, 3.05) is 6.54 Å². The molecule has 3 aliphatic rings. The van der Waals surface area contributed by atoms with Crippen molar-refractivity contribution in [2.24, 2.45) is 5.92 Å². The molecule has 0 bridgehead atoms. The van der Waals surface area contributed by atoms with E-state index in [1.807, 2.05) is 0 Å². The topological polar surface area (TPSA) is 78.5 Å². The van der Waals surface area contributed by atoms with Crippen molar-refractivity contribution in [1.82, 2.24) is 15.5 Å². The van der Waals surface area contributed by atoms with E-state index in [9.17, 15) is 14.4 Å². The molecule has 6 heteroatoms. The molecule has 3 fully saturated rings. The quantitative estimate of drug-likeness (QED) is 0.769. The summed E-state index contributed by atoms with van der Waals surface area (Å²) in [5.41, 5.74) is -0.768. The summed E-state index contributed by atoms with van der Waals surface area (Å²) in [4.78, 5) is 38.8. The highest BCUT2D eigenvalue weighted by Crippen LogP contribution is 2.32. The van der Waals surface area contributed by atoms with E-state index in [0.29, 0.717) is 18.8 Å². The number of urea groups is 1. The highest BCUT2D eigenvalue weighted by atomic mass is 16.2. The predicted molar refractivity (Wildman–Crippen MR) is 94.9 cm³/mol. The molecule has 2 saturated carbocycles. The highest BCUT2D eigenvalue weighted by Gasteiger charge is 2.50. The van der Waals surface area contributed by atoms with Gasteiger partial charge in [-0.25, -0.2) is 4.79 Å². The third kappa shape index (κ3) is 3.98. The number of carbonyl (C=O) groups is 3. The summed E-state index contributed by atoms with van der Waals surface area (Å²) in [5.74, 6) is 0.0362. The smallest absolute Gasteiger partial charge is 0.325 e. The van der Waals surface area contributed by atoms with Crippen LogP contribution < -0.4 is 10.6 Å². The maximum atomic E-state index is 12.9. The van der Waals surface area contributed by atoms with Crippen LogP contribution >= 0.6 is 0 Å². The van der Waals surface area contributed by atoms with Gasteiger partial charge in [0.1, 0.15) is 12.1 Å². The van der Waals surface area contributed by atoms with E-state index in [1.54, 1.807) is 0 Å². The van der Waals surface area contributed by atoms with Crippen LogP contribution in [0.15, 0.2) is 0 Å². The summed E-state index contributed by atoms with van der Waals surface area (Å²) in [6.07, 6.45) is 11.1. The average Bonchev–Trinajstić information content (AvgIpc) is 2.78. The number of nitrogens with one attached hydrogen (secondary N) is 2. The Kier molecular flexibility index (Phi) is 5.64. The number of nitrogens with zero attached hydrogens (tertiary/aromatic N) is 1. The van der Waals surface area contributed by atoms with Gasteiger partial charge in [0.2, 0.25) is 5.91 Å². The van der Waals surface area contributed by atoms with Gasteiger partial charge in [0.15, 0.2) is 0 Å². The first-order chi connectivity index (χ1) is 12.0. The molecule has 3 rings (SSSR count). The first kappa shape index (κ1) is 18.2. The molecular formula is C19H31N3O3. The van der Waals surface area contributed by atoms with Crippen LogP contribution in [0.3, 0.4) is 0 Å². The third-order valence-electron chi connectivity index (χ3n) is 6.21. The van der Waals surface area contributed by atoms with Gasteiger partial charge in [-0.1, -0.05) is 51.9 Å². The predicted octanol–water partition coefficient (Wildman–Crippen LogP) is 2.72. The minimum absolute atomic E-state index is 0.157. The molecule has 0 aromatic rings. The lowest BCUT2D eigenvalue weighted by Crippen LogP contribution is -2.49. The Labute approximate surface area is 150 Å². The molecule has 2 N–H and O–H groups in total. The Bertz CT molecular complexity index is 526. The van der Waals surface area contributed by atoms with Crippen LogP contribution in [0.25, 0.3) is 0 Å². The molecule has 1 spiro atoms. The van der Waals surface area contributed by atoms with E-state index >= 15 is 0 Å². The van der Waals surface area contributed by atoms with Crippen molar-refractivity contribution < 1.29 is 14.4 Å². The molecule has 2 atom stereocenters. The first-order valence-corrected chi connectivity index (χ1v) is 9.95. The number of imide groups is 1. The number of carbonyl (C=O) groups excluding carboxylic acids is 3. The fourth-order valence-corrected chi connectivity index (χ4v) is 4.59. The summed E-state index contributed by atoms with van der Waals surface area (Å²) < 4.78 is 0. The van der Waals surface area contributed by atoms with Gasteiger partial charge in [0, 0.05) is 6.04 Å². The largest absolute Gasteiger partial charge is 0.352 e. The normalized spacial score (nSPS) is 29.9. The molecule has 0 aromatic heterocycles. The van der Waals surface area contributed by atoms with Gasteiger partial charge in [0.05, 0.1) is 0 Å². The van der Waals surface area contributed by atoms with E-state index in [0.717, 1.165) is 49.8 Å². The van der Waals surface area contributed by atoms with Crippen molar-refractivity contribution in [2.45, 2.75) is 89.1 Å². The maximum absolute atomic E-state index is 12.9. The molecular weight excluding hydrogens is 318 g/mol. The van der Waals surface area contributed by atoms with Crippen LogP contribution in [0.2, 0.25) is 0 Å². The van der Waals surface area contributed by atoms with E-state index in [2.05, 4.69) is 17.6 Å². The van der Waals surface area contributed by atoms with Gasteiger partial charge in [-0.15, -0.1) is 0 Å². The van der Waals surface area contributed by atoms with Gasteiger partial charge in [-0.3, -0.25) is 14.5 Å². The summed E-state index contributed by atoms with van der Waals surface area (Å²) >= 11 is 0. The second-order valence-electron chi connectivity index (χ2n) is 8.11. The summed E-state index contributed by atoms with van der Waals surface area (Å²) in [5, 5.41) is 5.95. The number of hydrogen-bond donors (Lipinski definition) is 2. The molecule has 140 valence electrons. The zero-order valence-corrected chi connectivity index (χ0v) is 15.3. The van der Waals surface area contributed by atoms with Crippen LogP contribution in [0.1, 0.15) is 77.6 Å². The summed E-state index contributed by atoms with van der Waals surface area (Å²) in [6.45, 7) is 2.00. The monoisotopic (exact) mass is 349 g/mol. The molecule has 0 aromatic carbocycles. The van der Waals surface area contributed by atoms with Gasteiger partial charge >= 0.3 is 6.03 Å². The van der Waals surface area contributed by atoms with Crippen molar-refractivity contribution in [3.8, 4) is 0 Å². The van der Waals surface area contributed by atoms with Crippen LogP contribution in [-0.4, -0.2) is 40.9 Å². The average molecular weight is 349 g/mol. The fourth-order valence-electron chi connectivity index (χ4n) is 4.59. The van der Waals surface area contributed by atoms with Crippen molar-refractivity contribution in [1.29, 1.82) is 0 Å². The van der Waals surface area contributed by atoms with E-state index in [4.69, 9.17) is 0 Å². The van der Waals surface area contributed by atoms with Gasteiger partial charge in [0.25, 0.3) is 5.91 Å². The minimum atomic E-state index is -0.768. The highest BCUT2D eigenvalue weighted by molar-refractivity contribution is 6.09. The zero-order valence-electron chi connectivity index (χ0n) is 15.3. The summed E-state index contributed by atoms with van der Waals surface area (Å²) in [7, 11) is 0. The molecule has 1 heterocycles. The van der Waals surface area contributed by atoms with Crippen LogP contribution in [0, 0.1) is 5.92 Å². The Hall–Kier alpha value is -1.59. The molecule has 0 unspecified atom stereocenters. The van der Waals surface area contributed by atoms with Crippen molar-refractivity contribution >= 4 is 17.8 Å². The Morgan fingerprint density at radius 3 is 2.40 bits per heavy atom. The molecule has 2 aliphatic carbocycles. The summed E-state index contributed by atoms with van der Waals surface area (Å²) in [6, 6.07) is -0.241. The Morgan fingerprint density at radius 1 is 1.08 bits per heavy atom. The van der Waals surface area contributed by atoms with Crippen LogP contribution in [0.4, 0.5) is 4.79 Å². The number of rotatable bonds is 3. The number of amides is 4. The molecule has 1 aliphatic heterocycles. The lowest BCUT2D eigenvalue weighted by atomic mass is 9.84. The van der Waals surface area contributed by atoms with Crippen LogP contribution in [0.5, 0.6) is 0 Å². The molecule has 4 amide bonds. The Balaban J connectivity index is 1.61. The second-order valence-corrected chi connectivity index (χ2v) is 8.11.